The Morgan fingerprint density at radius 3 is 2.71 bits per heavy atom. The fourth-order valence-corrected chi connectivity index (χ4v) is 3.51. The summed E-state index contributed by atoms with van der Waals surface area (Å²) in [6.07, 6.45) is 4.85. The van der Waals surface area contributed by atoms with Crippen LogP contribution in [0.25, 0.3) is 10.8 Å². The third-order valence-corrected chi connectivity index (χ3v) is 4.94. The summed E-state index contributed by atoms with van der Waals surface area (Å²) >= 11 is 0. The molecule has 1 aromatic heterocycles. The van der Waals surface area contributed by atoms with Crippen LogP contribution in [-0.2, 0) is 17.9 Å². The number of anilines is 1. The summed E-state index contributed by atoms with van der Waals surface area (Å²) in [5.41, 5.74) is 2.72. The second kappa shape index (κ2) is 8.08. The molecule has 0 aliphatic carbocycles. The average molecular weight is 374 g/mol. The maximum atomic E-state index is 12.2. The number of benzene rings is 2. The zero-order chi connectivity index (χ0) is 19.3. The Morgan fingerprint density at radius 2 is 1.86 bits per heavy atom. The zero-order valence-corrected chi connectivity index (χ0v) is 15.5. The number of rotatable bonds is 5. The van der Waals surface area contributed by atoms with Gasteiger partial charge in [-0.3, -0.25) is 9.78 Å². The SMILES string of the molecule is O=C(NCc1cncc(N2CCCC2=O)c1)NCc1cccc2ccccc12. The van der Waals surface area contributed by atoms with Gasteiger partial charge in [-0.15, -0.1) is 0 Å². The van der Waals surface area contributed by atoms with Crippen LogP contribution in [0.4, 0.5) is 10.5 Å². The van der Waals surface area contributed by atoms with Crippen molar-refractivity contribution in [2.75, 3.05) is 11.4 Å². The van der Waals surface area contributed by atoms with Crippen molar-refractivity contribution in [2.24, 2.45) is 0 Å². The Balaban J connectivity index is 1.34. The highest BCUT2D eigenvalue weighted by Gasteiger charge is 2.22. The molecule has 1 aliphatic rings. The molecule has 1 aliphatic heterocycles. The summed E-state index contributed by atoms with van der Waals surface area (Å²) in [6, 6.07) is 15.9. The lowest BCUT2D eigenvalue weighted by Crippen LogP contribution is -2.34. The maximum absolute atomic E-state index is 12.2. The molecule has 2 heterocycles. The van der Waals surface area contributed by atoms with Gasteiger partial charge in [-0.05, 0) is 34.4 Å². The van der Waals surface area contributed by atoms with Gasteiger partial charge in [-0.1, -0.05) is 42.5 Å². The minimum absolute atomic E-state index is 0.125. The minimum atomic E-state index is -0.240. The van der Waals surface area contributed by atoms with E-state index in [1.54, 1.807) is 17.3 Å². The van der Waals surface area contributed by atoms with Gasteiger partial charge in [0.15, 0.2) is 0 Å². The van der Waals surface area contributed by atoms with Crippen LogP contribution >= 0.6 is 0 Å². The van der Waals surface area contributed by atoms with Crippen LogP contribution in [-0.4, -0.2) is 23.5 Å². The van der Waals surface area contributed by atoms with Crippen LogP contribution < -0.4 is 15.5 Å². The number of amides is 3. The molecule has 2 N–H and O–H groups in total. The molecule has 0 saturated carbocycles. The van der Waals surface area contributed by atoms with E-state index in [9.17, 15) is 9.59 Å². The standard InChI is InChI=1S/C22H22N4O2/c27-21-9-4-10-26(21)19-11-16(12-23-15-19)13-24-22(28)25-14-18-7-3-6-17-5-1-2-8-20(17)18/h1-3,5-8,11-12,15H,4,9-10,13-14H2,(H2,24,25,28). The van der Waals surface area contributed by atoms with Gasteiger partial charge in [0, 0.05) is 32.3 Å². The van der Waals surface area contributed by atoms with Crippen molar-refractivity contribution < 1.29 is 9.59 Å². The molecule has 6 heteroatoms. The first kappa shape index (κ1) is 18.0. The second-order valence-electron chi connectivity index (χ2n) is 6.87. The highest BCUT2D eigenvalue weighted by Crippen LogP contribution is 2.21. The Morgan fingerprint density at radius 1 is 1.04 bits per heavy atom. The molecule has 0 radical (unpaired) electrons. The van der Waals surface area contributed by atoms with Crippen molar-refractivity contribution in [3.8, 4) is 0 Å². The van der Waals surface area contributed by atoms with Gasteiger partial charge in [0.1, 0.15) is 0 Å². The van der Waals surface area contributed by atoms with E-state index in [0.717, 1.165) is 40.6 Å². The number of hydrogen-bond donors (Lipinski definition) is 2. The smallest absolute Gasteiger partial charge is 0.315 e. The van der Waals surface area contributed by atoms with Gasteiger partial charge in [0.25, 0.3) is 0 Å². The normalized spacial score (nSPS) is 13.7. The molecule has 0 unspecified atom stereocenters. The summed E-state index contributed by atoms with van der Waals surface area (Å²) in [5, 5.41) is 8.05. The topological polar surface area (TPSA) is 74.3 Å². The molecule has 142 valence electrons. The van der Waals surface area contributed by atoms with Crippen molar-refractivity contribution in [3.05, 3.63) is 72.1 Å². The van der Waals surface area contributed by atoms with Crippen LogP contribution in [0.5, 0.6) is 0 Å². The molecule has 1 saturated heterocycles. The Hall–Kier alpha value is -3.41. The van der Waals surface area contributed by atoms with Crippen LogP contribution in [0.2, 0.25) is 0 Å². The number of pyridine rings is 1. The summed E-state index contributed by atoms with van der Waals surface area (Å²) in [7, 11) is 0. The molecular formula is C22H22N4O2. The van der Waals surface area contributed by atoms with E-state index in [1.165, 1.54) is 0 Å². The van der Waals surface area contributed by atoms with Gasteiger partial charge < -0.3 is 15.5 Å². The molecule has 6 nitrogen and oxygen atoms in total. The van der Waals surface area contributed by atoms with E-state index in [1.807, 2.05) is 30.3 Å². The average Bonchev–Trinajstić information content (AvgIpc) is 3.17. The molecule has 3 aromatic rings. The van der Waals surface area contributed by atoms with Crippen molar-refractivity contribution in [1.82, 2.24) is 15.6 Å². The number of carbonyl (C=O) groups is 2. The molecule has 3 amide bonds. The molecule has 1 fully saturated rings. The largest absolute Gasteiger partial charge is 0.334 e. The second-order valence-corrected chi connectivity index (χ2v) is 6.87. The number of urea groups is 1. The maximum Gasteiger partial charge on any atom is 0.315 e. The third-order valence-electron chi connectivity index (χ3n) is 4.94. The summed E-state index contributed by atoms with van der Waals surface area (Å²) < 4.78 is 0. The van der Waals surface area contributed by atoms with E-state index in [4.69, 9.17) is 0 Å². The van der Waals surface area contributed by atoms with Crippen molar-refractivity contribution in [1.29, 1.82) is 0 Å². The fraction of sp³-hybridized carbons (Fsp3) is 0.227. The Labute approximate surface area is 163 Å². The number of nitrogens with one attached hydrogen (secondary N) is 2. The van der Waals surface area contributed by atoms with Crippen molar-refractivity contribution in [2.45, 2.75) is 25.9 Å². The summed E-state index contributed by atoms with van der Waals surface area (Å²) in [5.74, 6) is 0.125. The van der Waals surface area contributed by atoms with Gasteiger partial charge in [0.2, 0.25) is 5.91 Å². The van der Waals surface area contributed by atoms with Crippen LogP contribution in [0.15, 0.2) is 60.9 Å². The van der Waals surface area contributed by atoms with Gasteiger partial charge in [-0.25, -0.2) is 4.79 Å². The lowest BCUT2D eigenvalue weighted by atomic mass is 10.0. The number of nitrogens with zero attached hydrogens (tertiary/aromatic N) is 2. The van der Waals surface area contributed by atoms with Gasteiger partial charge in [-0.2, -0.15) is 0 Å². The first-order valence-corrected chi connectivity index (χ1v) is 9.43. The lowest BCUT2D eigenvalue weighted by Gasteiger charge is -2.16. The molecule has 0 atom stereocenters. The third kappa shape index (κ3) is 3.96. The predicted octanol–water partition coefficient (Wildman–Crippen LogP) is 3.36. The fourth-order valence-electron chi connectivity index (χ4n) is 3.51. The van der Waals surface area contributed by atoms with E-state index in [0.29, 0.717) is 19.5 Å². The lowest BCUT2D eigenvalue weighted by molar-refractivity contribution is -0.117. The first-order chi connectivity index (χ1) is 13.7. The van der Waals surface area contributed by atoms with Crippen molar-refractivity contribution >= 4 is 28.4 Å². The predicted molar refractivity (Wildman–Crippen MR) is 109 cm³/mol. The molecule has 28 heavy (non-hydrogen) atoms. The van der Waals surface area contributed by atoms with E-state index in [-0.39, 0.29) is 11.9 Å². The van der Waals surface area contributed by atoms with Gasteiger partial charge >= 0.3 is 6.03 Å². The van der Waals surface area contributed by atoms with E-state index < -0.39 is 0 Å². The summed E-state index contributed by atoms with van der Waals surface area (Å²) in [4.78, 5) is 30.0. The number of aromatic nitrogens is 1. The van der Waals surface area contributed by atoms with E-state index in [2.05, 4.69) is 33.8 Å². The van der Waals surface area contributed by atoms with Crippen LogP contribution in [0, 0.1) is 0 Å². The van der Waals surface area contributed by atoms with Crippen molar-refractivity contribution in [3.63, 3.8) is 0 Å². The van der Waals surface area contributed by atoms with Crippen LogP contribution in [0.1, 0.15) is 24.0 Å². The number of fused-ring (bicyclic) bond motifs is 1. The molecule has 0 spiro atoms. The molecule has 2 aromatic carbocycles. The summed E-state index contributed by atoms with van der Waals surface area (Å²) in [6.45, 7) is 1.53. The molecular weight excluding hydrogens is 352 g/mol. The molecule has 0 bridgehead atoms. The van der Waals surface area contributed by atoms with Crippen LogP contribution in [0.3, 0.4) is 0 Å². The monoisotopic (exact) mass is 374 g/mol. The Bertz CT molecular complexity index is 1010. The minimum Gasteiger partial charge on any atom is -0.334 e. The highest BCUT2D eigenvalue weighted by molar-refractivity contribution is 5.95. The molecule has 4 rings (SSSR count). The zero-order valence-electron chi connectivity index (χ0n) is 15.5. The Kier molecular flexibility index (Phi) is 5.19. The first-order valence-electron chi connectivity index (χ1n) is 9.43. The number of carbonyl (C=O) groups excluding carboxylic acids is 2. The van der Waals surface area contributed by atoms with Gasteiger partial charge in [0.05, 0.1) is 11.9 Å². The quantitative estimate of drug-likeness (QED) is 0.719. The van der Waals surface area contributed by atoms with E-state index >= 15 is 0 Å². The number of hydrogen-bond acceptors (Lipinski definition) is 3. The highest BCUT2D eigenvalue weighted by atomic mass is 16.2.